The molecule has 0 aliphatic carbocycles. The van der Waals surface area contributed by atoms with Crippen LogP contribution in [-0.4, -0.2) is 52.9 Å². The minimum atomic E-state index is -0.990. The van der Waals surface area contributed by atoms with Crippen LogP contribution in [0.3, 0.4) is 0 Å². The van der Waals surface area contributed by atoms with Gasteiger partial charge in [0.15, 0.2) is 0 Å². The second kappa shape index (κ2) is 8.86. The Balaban J connectivity index is 0.000000204. The second-order valence-corrected chi connectivity index (χ2v) is 8.16. The van der Waals surface area contributed by atoms with E-state index in [0.29, 0.717) is 11.5 Å². The van der Waals surface area contributed by atoms with E-state index in [9.17, 15) is 4.79 Å². The number of anilines is 2. The number of nitrogens with zero attached hydrogens (tertiary/aromatic N) is 3. The minimum Gasteiger partial charge on any atom is -0.477 e. The molecule has 0 spiro atoms. The lowest BCUT2D eigenvalue weighted by Gasteiger charge is -2.28. The number of benzene rings is 1. The van der Waals surface area contributed by atoms with Crippen molar-refractivity contribution in [3.05, 3.63) is 40.8 Å². The van der Waals surface area contributed by atoms with Crippen LogP contribution in [0.25, 0.3) is 0 Å². The van der Waals surface area contributed by atoms with Gasteiger partial charge in [-0.05, 0) is 77.3 Å². The van der Waals surface area contributed by atoms with E-state index in [2.05, 4.69) is 45.5 Å². The lowest BCUT2D eigenvalue weighted by Crippen LogP contribution is -2.39. The summed E-state index contributed by atoms with van der Waals surface area (Å²) in [6.45, 7) is 11.3. The van der Waals surface area contributed by atoms with Gasteiger partial charge in [0.2, 0.25) is 0 Å². The van der Waals surface area contributed by atoms with Crippen molar-refractivity contribution >= 4 is 17.3 Å². The van der Waals surface area contributed by atoms with Gasteiger partial charge in [-0.25, -0.2) is 4.79 Å². The Morgan fingerprint density at radius 2 is 2.00 bits per heavy atom. The highest BCUT2D eigenvalue weighted by atomic mass is 16.5. The maximum absolute atomic E-state index is 10.4. The molecule has 3 N–H and O–H groups in total. The Bertz CT molecular complexity index is 844. The summed E-state index contributed by atoms with van der Waals surface area (Å²) < 4.78 is 4.63. The van der Waals surface area contributed by atoms with Crippen LogP contribution in [0.5, 0.6) is 0 Å². The van der Waals surface area contributed by atoms with Crippen LogP contribution in [0.4, 0.5) is 11.4 Å². The minimum absolute atomic E-state index is 0.167. The van der Waals surface area contributed by atoms with Crippen molar-refractivity contribution in [2.45, 2.75) is 59.0 Å². The second-order valence-electron chi connectivity index (χ2n) is 8.16. The maximum atomic E-state index is 10.4. The molecule has 2 saturated heterocycles. The van der Waals surface area contributed by atoms with Gasteiger partial charge in [0, 0.05) is 36.5 Å². The summed E-state index contributed by atoms with van der Waals surface area (Å²) in [6.07, 6.45) is 4.05. The number of aromatic nitrogens is 1. The molecule has 158 valence electrons. The van der Waals surface area contributed by atoms with Crippen molar-refractivity contribution in [3.63, 3.8) is 0 Å². The van der Waals surface area contributed by atoms with E-state index in [0.717, 1.165) is 17.8 Å². The normalized spacial score (nSPS) is 21.9. The number of likely N-dealkylation sites (tertiary alicyclic amines) is 1. The monoisotopic (exact) mass is 400 g/mol. The quantitative estimate of drug-likeness (QED) is 0.760. The summed E-state index contributed by atoms with van der Waals surface area (Å²) in [6, 6.07) is 7.95. The van der Waals surface area contributed by atoms with Crippen molar-refractivity contribution in [2.75, 3.05) is 30.3 Å². The molecule has 29 heavy (non-hydrogen) atoms. The van der Waals surface area contributed by atoms with Gasteiger partial charge in [0.05, 0.1) is 5.69 Å². The Morgan fingerprint density at radius 1 is 1.24 bits per heavy atom. The van der Waals surface area contributed by atoms with Gasteiger partial charge in [0.25, 0.3) is 0 Å². The lowest BCUT2D eigenvalue weighted by molar-refractivity contribution is 0.0694. The molecular formula is C22H32N4O3. The third-order valence-corrected chi connectivity index (χ3v) is 6.10. The predicted molar refractivity (Wildman–Crippen MR) is 115 cm³/mol. The molecule has 1 aromatic carbocycles. The number of carbonyl (C=O) groups is 1. The van der Waals surface area contributed by atoms with E-state index in [1.165, 1.54) is 50.1 Å². The van der Waals surface area contributed by atoms with Crippen molar-refractivity contribution < 1.29 is 14.4 Å². The largest absolute Gasteiger partial charge is 0.477 e. The Morgan fingerprint density at radius 3 is 2.52 bits per heavy atom. The first-order chi connectivity index (χ1) is 13.8. The molecule has 7 heteroatoms. The van der Waals surface area contributed by atoms with Gasteiger partial charge >= 0.3 is 5.97 Å². The molecule has 2 unspecified atom stereocenters. The number of nitrogens with two attached hydrogens (primary N) is 1. The molecule has 0 radical (unpaired) electrons. The van der Waals surface area contributed by atoms with E-state index in [1.807, 2.05) is 6.07 Å². The molecule has 7 nitrogen and oxygen atoms in total. The number of hydrogen-bond acceptors (Lipinski definition) is 6. The van der Waals surface area contributed by atoms with Crippen LogP contribution >= 0.6 is 0 Å². The average molecular weight is 401 g/mol. The molecular weight excluding hydrogens is 368 g/mol. The number of aromatic carboxylic acids is 1. The predicted octanol–water partition coefficient (Wildman–Crippen LogP) is 3.63. The highest BCUT2D eigenvalue weighted by Crippen LogP contribution is 2.29. The molecule has 0 bridgehead atoms. The summed E-state index contributed by atoms with van der Waals surface area (Å²) in [5.41, 5.74) is 9.91. The summed E-state index contributed by atoms with van der Waals surface area (Å²) in [5.74, 6) is -0.638. The highest BCUT2D eigenvalue weighted by Gasteiger charge is 2.32. The van der Waals surface area contributed by atoms with Gasteiger partial charge < -0.3 is 20.3 Å². The zero-order chi connectivity index (χ0) is 21.1. The number of nitrogen functional groups attached to an aromatic ring is 1. The van der Waals surface area contributed by atoms with Gasteiger partial charge in [0.1, 0.15) is 11.3 Å². The molecule has 1 aromatic heterocycles. The van der Waals surface area contributed by atoms with Crippen molar-refractivity contribution in [3.8, 4) is 0 Å². The smallest absolute Gasteiger partial charge is 0.341 e. The molecule has 2 atom stereocenters. The molecule has 0 saturated carbocycles. The van der Waals surface area contributed by atoms with Crippen molar-refractivity contribution in [1.82, 2.24) is 10.1 Å². The topological polar surface area (TPSA) is 95.8 Å². The number of aryl methyl sites for hydroxylation is 3. The average Bonchev–Trinajstić information content (AvgIpc) is 3.38. The zero-order valence-corrected chi connectivity index (χ0v) is 17.8. The number of carboxylic acids is 1. The molecule has 3 heterocycles. The Kier molecular flexibility index (Phi) is 6.47. The molecule has 2 aromatic rings. The van der Waals surface area contributed by atoms with Crippen LogP contribution in [0, 0.1) is 20.8 Å². The molecule has 2 aliphatic heterocycles. The third kappa shape index (κ3) is 4.72. The van der Waals surface area contributed by atoms with Gasteiger partial charge in [-0.1, -0.05) is 5.16 Å². The Labute approximate surface area is 172 Å². The van der Waals surface area contributed by atoms with Crippen molar-refractivity contribution in [2.24, 2.45) is 0 Å². The van der Waals surface area contributed by atoms with E-state index in [-0.39, 0.29) is 5.56 Å². The van der Waals surface area contributed by atoms with Crippen LogP contribution in [0.2, 0.25) is 0 Å². The summed E-state index contributed by atoms with van der Waals surface area (Å²) in [4.78, 5) is 15.6. The maximum Gasteiger partial charge on any atom is 0.341 e. The summed E-state index contributed by atoms with van der Waals surface area (Å²) >= 11 is 0. The fourth-order valence-electron chi connectivity index (χ4n) is 4.39. The van der Waals surface area contributed by atoms with Crippen LogP contribution in [0.15, 0.2) is 22.7 Å². The van der Waals surface area contributed by atoms with Crippen molar-refractivity contribution in [1.29, 1.82) is 0 Å². The van der Waals surface area contributed by atoms with Gasteiger partial charge in [-0.3, -0.25) is 4.90 Å². The standard InChI is InChI=1S/C16H25N3.C6H7NO3/c1-12-10-14(5-6-16(12)17)18-9-7-15(11-18)19-8-3-4-13(19)2;1-3-5(6(8)9)4(2)10-7-3/h5-6,10,13,15H,3-4,7-9,11,17H2,1-2H3;1-2H3,(H,8,9). The van der Waals surface area contributed by atoms with Gasteiger partial charge in [-0.2, -0.15) is 0 Å². The number of rotatable bonds is 3. The van der Waals surface area contributed by atoms with E-state index in [1.54, 1.807) is 13.8 Å². The number of carboxylic acid groups (broad SMARTS) is 1. The van der Waals surface area contributed by atoms with Crippen LogP contribution in [0.1, 0.15) is 53.6 Å². The molecule has 0 amide bonds. The fourth-order valence-corrected chi connectivity index (χ4v) is 4.39. The molecule has 2 aliphatic rings. The fraction of sp³-hybridized carbons (Fsp3) is 0.545. The first-order valence-corrected chi connectivity index (χ1v) is 10.3. The highest BCUT2D eigenvalue weighted by molar-refractivity contribution is 5.89. The molecule has 2 fully saturated rings. The van der Waals surface area contributed by atoms with Crippen LogP contribution < -0.4 is 10.6 Å². The van der Waals surface area contributed by atoms with Gasteiger partial charge in [-0.15, -0.1) is 0 Å². The first kappa shape index (κ1) is 21.2. The lowest BCUT2D eigenvalue weighted by atomic mass is 10.1. The Hall–Kier alpha value is -2.54. The SMILES string of the molecule is Cc1cc(N2CCC(N3CCCC3C)C2)ccc1N.Cc1noc(C)c1C(=O)O. The summed E-state index contributed by atoms with van der Waals surface area (Å²) in [5, 5.41) is 12.0. The zero-order valence-electron chi connectivity index (χ0n) is 17.8. The molecule has 4 rings (SSSR count). The van der Waals surface area contributed by atoms with E-state index in [4.69, 9.17) is 10.8 Å². The number of hydrogen-bond donors (Lipinski definition) is 2. The summed E-state index contributed by atoms with van der Waals surface area (Å²) in [7, 11) is 0. The van der Waals surface area contributed by atoms with E-state index < -0.39 is 5.97 Å². The van der Waals surface area contributed by atoms with Crippen LogP contribution in [-0.2, 0) is 0 Å². The third-order valence-electron chi connectivity index (χ3n) is 6.10. The first-order valence-electron chi connectivity index (χ1n) is 10.3. The van der Waals surface area contributed by atoms with E-state index >= 15 is 0 Å².